The van der Waals surface area contributed by atoms with Gasteiger partial charge in [0.25, 0.3) is 0 Å². The lowest BCUT2D eigenvalue weighted by molar-refractivity contribution is -0.908. The molecular weight excluding hydrogens is 344 g/mol. The summed E-state index contributed by atoms with van der Waals surface area (Å²) in [6.07, 6.45) is 2.80. The number of morpholine rings is 1. The van der Waals surface area contributed by atoms with Crippen LogP contribution in [-0.2, 0) is 4.74 Å². The van der Waals surface area contributed by atoms with E-state index < -0.39 is 0 Å². The van der Waals surface area contributed by atoms with Crippen molar-refractivity contribution in [2.45, 2.75) is 13.3 Å². The molecule has 0 saturated carbocycles. The van der Waals surface area contributed by atoms with Gasteiger partial charge in [-0.15, -0.1) is 11.3 Å². The zero-order valence-corrected chi connectivity index (χ0v) is 15.9. The van der Waals surface area contributed by atoms with Crippen LogP contribution in [-0.4, -0.2) is 49.4 Å². The van der Waals surface area contributed by atoms with Crippen LogP contribution in [0.3, 0.4) is 0 Å². The van der Waals surface area contributed by atoms with Crippen molar-refractivity contribution in [3.63, 3.8) is 0 Å². The minimum atomic E-state index is 0.893. The molecule has 5 nitrogen and oxygen atoms in total. The average Bonchev–Trinajstić information content (AvgIpc) is 3.03. The van der Waals surface area contributed by atoms with Crippen molar-refractivity contribution in [3.8, 4) is 11.1 Å². The maximum atomic E-state index is 5.43. The summed E-state index contributed by atoms with van der Waals surface area (Å²) in [5.74, 6) is 0.954. The predicted octanol–water partition coefficient (Wildman–Crippen LogP) is 2.38. The highest BCUT2D eigenvalue weighted by molar-refractivity contribution is 7.19. The largest absolute Gasteiger partial charge is 0.370 e. The van der Waals surface area contributed by atoms with Gasteiger partial charge in [-0.3, -0.25) is 0 Å². The van der Waals surface area contributed by atoms with Crippen molar-refractivity contribution in [1.82, 2.24) is 9.97 Å². The third-order valence-corrected chi connectivity index (χ3v) is 5.94. The average molecular weight is 370 g/mol. The lowest BCUT2D eigenvalue weighted by Gasteiger charge is -2.23. The van der Waals surface area contributed by atoms with Gasteiger partial charge in [0.1, 0.15) is 30.1 Å². The first kappa shape index (κ1) is 17.4. The third-order valence-electron chi connectivity index (χ3n) is 4.93. The van der Waals surface area contributed by atoms with E-state index >= 15 is 0 Å². The predicted molar refractivity (Wildman–Crippen MR) is 107 cm³/mol. The lowest BCUT2D eigenvalue weighted by Crippen LogP contribution is -3.14. The van der Waals surface area contributed by atoms with Gasteiger partial charge in [0, 0.05) is 23.4 Å². The van der Waals surface area contributed by atoms with Crippen LogP contribution in [0.25, 0.3) is 21.3 Å². The van der Waals surface area contributed by atoms with Crippen LogP contribution in [0.4, 0.5) is 5.82 Å². The monoisotopic (exact) mass is 369 g/mol. The molecule has 1 saturated heterocycles. The third kappa shape index (κ3) is 3.72. The van der Waals surface area contributed by atoms with Gasteiger partial charge in [-0.2, -0.15) is 0 Å². The Balaban J connectivity index is 1.52. The summed E-state index contributed by atoms with van der Waals surface area (Å²) in [6.45, 7) is 8.31. The smallest absolute Gasteiger partial charge is 0.138 e. The molecule has 0 aliphatic carbocycles. The van der Waals surface area contributed by atoms with Crippen molar-refractivity contribution in [2.24, 2.45) is 0 Å². The van der Waals surface area contributed by atoms with Gasteiger partial charge < -0.3 is 15.0 Å². The molecule has 1 aliphatic heterocycles. The Morgan fingerprint density at radius 3 is 2.77 bits per heavy atom. The molecule has 26 heavy (non-hydrogen) atoms. The molecule has 0 bridgehead atoms. The first-order chi connectivity index (χ1) is 12.8. The van der Waals surface area contributed by atoms with Crippen LogP contribution in [0.2, 0.25) is 0 Å². The molecule has 0 radical (unpaired) electrons. The second-order valence-electron chi connectivity index (χ2n) is 6.69. The number of hydrogen-bond donors (Lipinski definition) is 2. The summed E-state index contributed by atoms with van der Waals surface area (Å²) in [4.78, 5) is 13.0. The second-order valence-corrected chi connectivity index (χ2v) is 7.90. The van der Waals surface area contributed by atoms with E-state index in [9.17, 15) is 0 Å². The number of aromatic nitrogens is 2. The maximum Gasteiger partial charge on any atom is 0.138 e. The summed E-state index contributed by atoms with van der Waals surface area (Å²) in [6, 6.07) is 10.5. The first-order valence-electron chi connectivity index (χ1n) is 9.27. The van der Waals surface area contributed by atoms with Gasteiger partial charge in [-0.1, -0.05) is 30.3 Å². The van der Waals surface area contributed by atoms with Crippen LogP contribution < -0.4 is 10.2 Å². The molecule has 136 valence electrons. The Labute approximate surface area is 158 Å². The van der Waals surface area contributed by atoms with Crippen LogP contribution in [0.1, 0.15) is 11.3 Å². The minimum absolute atomic E-state index is 0.893. The number of hydrogen-bond acceptors (Lipinski definition) is 5. The number of benzene rings is 1. The van der Waals surface area contributed by atoms with Crippen LogP contribution >= 0.6 is 11.3 Å². The normalized spacial score (nSPS) is 15.4. The van der Waals surface area contributed by atoms with Gasteiger partial charge >= 0.3 is 0 Å². The summed E-state index contributed by atoms with van der Waals surface area (Å²) >= 11 is 1.74. The Hall–Kier alpha value is -2.02. The molecule has 3 aromatic rings. The van der Waals surface area contributed by atoms with E-state index in [0.29, 0.717) is 0 Å². The molecule has 3 heterocycles. The van der Waals surface area contributed by atoms with Crippen molar-refractivity contribution in [2.75, 3.05) is 44.7 Å². The lowest BCUT2D eigenvalue weighted by atomic mass is 10.0. The molecule has 6 heteroatoms. The highest BCUT2D eigenvalue weighted by Gasteiger charge is 2.17. The Kier molecular flexibility index (Phi) is 5.43. The van der Waals surface area contributed by atoms with Crippen molar-refractivity contribution < 1.29 is 9.64 Å². The van der Waals surface area contributed by atoms with Crippen molar-refractivity contribution >= 4 is 27.4 Å². The molecule has 2 N–H and O–H groups in total. The van der Waals surface area contributed by atoms with E-state index in [-0.39, 0.29) is 0 Å². The maximum absolute atomic E-state index is 5.43. The number of quaternary nitrogens is 1. The summed E-state index contributed by atoms with van der Waals surface area (Å²) in [5, 5.41) is 4.71. The molecule has 1 fully saturated rings. The van der Waals surface area contributed by atoms with E-state index in [1.54, 1.807) is 22.6 Å². The number of nitrogens with zero attached hydrogens (tertiary/aromatic N) is 2. The molecule has 4 rings (SSSR count). The Morgan fingerprint density at radius 2 is 1.96 bits per heavy atom. The molecule has 1 aromatic carbocycles. The fourth-order valence-electron chi connectivity index (χ4n) is 3.59. The number of aryl methyl sites for hydroxylation is 1. The van der Waals surface area contributed by atoms with E-state index in [1.165, 1.54) is 22.5 Å². The van der Waals surface area contributed by atoms with E-state index in [2.05, 4.69) is 52.5 Å². The molecule has 0 atom stereocenters. The zero-order chi connectivity index (χ0) is 17.8. The number of ether oxygens (including phenoxy) is 1. The van der Waals surface area contributed by atoms with Gasteiger partial charge in [-0.05, 0) is 12.5 Å². The van der Waals surface area contributed by atoms with Gasteiger partial charge in [-0.25, -0.2) is 9.97 Å². The summed E-state index contributed by atoms with van der Waals surface area (Å²) in [7, 11) is 0. The molecular formula is C20H25N4OS+. The molecule has 0 amide bonds. The van der Waals surface area contributed by atoms with Gasteiger partial charge in [0.2, 0.25) is 0 Å². The topological polar surface area (TPSA) is 51.5 Å². The zero-order valence-electron chi connectivity index (χ0n) is 15.1. The van der Waals surface area contributed by atoms with Crippen molar-refractivity contribution in [3.05, 3.63) is 41.5 Å². The first-order valence-corrected chi connectivity index (χ1v) is 10.1. The van der Waals surface area contributed by atoms with E-state index in [4.69, 9.17) is 4.74 Å². The number of fused-ring (bicyclic) bond motifs is 1. The quantitative estimate of drug-likeness (QED) is 0.655. The van der Waals surface area contributed by atoms with Crippen molar-refractivity contribution in [1.29, 1.82) is 0 Å². The molecule has 1 aliphatic rings. The van der Waals surface area contributed by atoms with E-state index in [0.717, 1.165) is 55.3 Å². The number of thiophene rings is 1. The standard InChI is InChI=1S/C20H24N4OS/c1-15-17(16-6-3-2-4-7-16)18-19(22-14-23-20(18)26-15)21-8-5-9-24-10-12-25-13-11-24/h2-4,6-7,14H,5,8-13H2,1H3,(H,21,22,23)/p+1. The highest BCUT2D eigenvalue weighted by atomic mass is 32.1. The molecule has 0 unspecified atom stereocenters. The van der Waals surface area contributed by atoms with Crippen LogP contribution in [0, 0.1) is 6.92 Å². The Morgan fingerprint density at radius 1 is 1.15 bits per heavy atom. The second kappa shape index (κ2) is 8.12. The Bertz CT molecular complexity index is 859. The number of anilines is 1. The molecule has 0 spiro atoms. The van der Waals surface area contributed by atoms with Gasteiger partial charge in [0.05, 0.1) is 25.1 Å². The van der Waals surface area contributed by atoms with E-state index in [1.807, 2.05) is 0 Å². The number of rotatable bonds is 6. The van der Waals surface area contributed by atoms with Crippen LogP contribution in [0.15, 0.2) is 36.7 Å². The molecule has 2 aromatic heterocycles. The SMILES string of the molecule is Cc1sc2ncnc(NCCC[NH+]3CCOCC3)c2c1-c1ccccc1. The summed E-state index contributed by atoms with van der Waals surface area (Å²) in [5.41, 5.74) is 2.49. The fourth-order valence-corrected chi connectivity index (χ4v) is 4.60. The number of nitrogens with one attached hydrogen (secondary N) is 2. The fraction of sp³-hybridized carbons (Fsp3) is 0.400. The van der Waals surface area contributed by atoms with Crippen LogP contribution in [0.5, 0.6) is 0 Å². The summed E-state index contributed by atoms with van der Waals surface area (Å²) < 4.78 is 5.43. The highest BCUT2D eigenvalue weighted by Crippen LogP contribution is 2.40. The van der Waals surface area contributed by atoms with Gasteiger partial charge in [0.15, 0.2) is 0 Å². The minimum Gasteiger partial charge on any atom is -0.370 e.